The molecule has 0 spiro atoms. The van der Waals surface area contributed by atoms with Gasteiger partial charge in [-0.2, -0.15) is 0 Å². The molecule has 0 aliphatic heterocycles. The molecule has 27 heavy (non-hydrogen) atoms. The molecule has 0 aliphatic carbocycles. The predicted octanol–water partition coefficient (Wildman–Crippen LogP) is 9.39. The lowest BCUT2D eigenvalue weighted by molar-refractivity contribution is 0.475. The Morgan fingerprint density at radius 3 is 1.44 bits per heavy atom. The van der Waals surface area contributed by atoms with E-state index in [0.717, 1.165) is 0 Å². The van der Waals surface area contributed by atoms with Crippen LogP contribution in [-0.4, -0.2) is 10.9 Å². The number of hydrogen-bond acceptors (Lipinski definition) is 3. The van der Waals surface area contributed by atoms with Crippen molar-refractivity contribution < 1.29 is 5.11 Å². The molecule has 1 N–H and O–H groups in total. The quantitative estimate of drug-likeness (QED) is 0.181. The van der Waals surface area contributed by atoms with Gasteiger partial charge in [0.1, 0.15) is 5.75 Å². The average Bonchev–Trinajstić information content (AvgIpc) is 2.68. The Kier molecular flexibility index (Phi) is 17.5. The van der Waals surface area contributed by atoms with E-state index in [1.807, 2.05) is 33.7 Å². The summed E-state index contributed by atoms with van der Waals surface area (Å²) in [6.45, 7) is 2.29. The first-order valence-corrected chi connectivity index (χ1v) is 13.7. The molecule has 0 radical (unpaired) electrons. The van der Waals surface area contributed by atoms with Gasteiger partial charge in [-0.15, -0.1) is 0 Å². The van der Waals surface area contributed by atoms with Crippen LogP contribution >= 0.6 is 21.6 Å². The minimum Gasteiger partial charge on any atom is -0.508 e. The van der Waals surface area contributed by atoms with Crippen molar-refractivity contribution in [2.24, 2.45) is 0 Å². The molecular formula is C24H42OS2. The minimum absolute atomic E-state index is 0.349. The van der Waals surface area contributed by atoms with E-state index < -0.39 is 0 Å². The highest BCUT2D eigenvalue weighted by Crippen LogP contribution is 2.32. The third-order valence-electron chi connectivity index (χ3n) is 5.07. The standard InChI is InChI=1S/C24H42OS2/c1-2-3-4-5-6-7-8-9-10-11-12-13-14-15-16-17-22-26-27-24-20-18-23(25)19-21-24/h18-21,25H,2-17,22H2,1H3. The number of aromatic hydroxyl groups is 1. The van der Waals surface area contributed by atoms with E-state index in [1.54, 1.807) is 12.1 Å². The SMILES string of the molecule is CCCCCCCCCCCCCCCCCCSSc1ccc(O)cc1. The van der Waals surface area contributed by atoms with Gasteiger partial charge < -0.3 is 5.11 Å². The van der Waals surface area contributed by atoms with Gasteiger partial charge >= 0.3 is 0 Å². The highest BCUT2D eigenvalue weighted by molar-refractivity contribution is 8.76. The fourth-order valence-corrected chi connectivity index (χ4v) is 5.45. The lowest BCUT2D eigenvalue weighted by Crippen LogP contribution is -1.84. The molecule has 0 saturated heterocycles. The Hall–Kier alpha value is -0.280. The van der Waals surface area contributed by atoms with Crippen LogP contribution in [0.15, 0.2) is 29.2 Å². The molecule has 1 aromatic rings. The summed E-state index contributed by atoms with van der Waals surface area (Å²) in [6.07, 6.45) is 22.9. The van der Waals surface area contributed by atoms with Gasteiger partial charge in [-0.05, 0) is 30.7 Å². The normalized spacial score (nSPS) is 11.1. The van der Waals surface area contributed by atoms with Crippen LogP contribution in [0, 0.1) is 0 Å². The summed E-state index contributed by atoms with van der Waals surface area (Å²) in [7, 11) is 3.76. The van der Waals surface area contributed by atoms with Crippen molar-refractivity contribution in [2.45, 2.75) is 115 Å². The summed E-state index contributed by atoms with van der Waals surface area (Å²) in [6, 6.07) is 7.50. The summed E-state index contributed by atoms with van der Waals surface area (Å²) in [5, 5.41) is 9.27. The van der Waals surface area contributed by atoms with Gasteiger partial charge in [0.2, 0.25) is 0 Å². The van der Waals surface area contributed by atoms with Crippen molar-refractivity contribution >= 4 is 21.6 Å². The topological polar surface area (TPSA) is 20.2 Å². The highest BCUT2D eigenvalue weighted by atomic mass is 33.1. The van der Waals surface area contributed by atoms with Crippen molar-refractivity contribution in [3.8, 4) is 5.75 Å². The molecule has 1 aromatic carbocycles. The van der Waals surface area contributed by atoms with Gasteiger partial charge in [-0.3, -0.25) is 0 Å². The molecule has 0 fully saturated rings. The van der Waals surface area contributed by atoms with E-state index in [4.69, 9.17) is 0 Å². The van der Waals surface area contributed by atoms with Crippen LogP contribution in [-0.2, 0) is 0 Å². The van der Waals surface area contributed by atoms with E-state index in [9.17, 15) is 5.11 Å². The maximum Gasteiger partial charge on any atom is 0.115 e. The van der Waals surface area contributed by atoms with Gasteiger partial charge in [0.05, 0.1) is 0 Å². The molecule has 3 heteroatoms. The molecule has 0 heterocycles. The van der Waals surface area contributed by atoms with Gasteiger partial charge in [0.15, 0.2) is 0 Å². The van der Waals surface area contributed by atoms with Crippen molar-refractivity contribution in [3.05, 3.63) is 24.3 Å². The van der Waals surface area contributed by atoms with Crippen LogP contribution in [0.2, 0.25) is 0 Å². The van der Waals surface area contributed by atoms with Gasteiger partial charge in [-0.25, -0.2) is 0 Å². The van der Waals surface area contributed by atoms with E-state index >= 15 is 0 Å². The minimum atomic E-state index is 0.349. The number of phenolic OH excluding ortho intramolecular Hbond substituents is 1. The number of hydrogen-bond donors (Lipinski definition) is 1. The second kappa shape index (κ2) is 19.1. The van der Waals surface area contributed by atoms with Crippen LogP contribution in [0.5, 0.6) is 5.75 Å². The van der Waals surface area contributed by atoms with Crippen LogP contribution in [0.25, 0.3) is 0 Å². The Morgan fingerprint density at radius 1 is 0.593 bits per heavy atom. The highest BCUT2D eigenvalue weighted by Gasteiger charge is 1.97. The first-order valence-electron chi connectivity index (χ1n) is 11.4. The fourth-order valence-electron chi connectivity index (χ4n) is 3.32. The Labute approximate surface area is 176 Å². The molecule has 0 atom stereocenters. The summed E-state index contributed by atoms with van der Waals surface area (Å²) >= 11 is 0. The van der Waals surface area contributed by atoms with E-state index in [-0.39, 0.29) is 0 Å². The maximum absolute atomic E-state index is 9.27. The molecule has 0 unspecified atom stereocenters. The summed E-state index contributed by atoms with van der Waals surface area (Å²) in [5.41, 5.74) is 0. The third kappa shape index (κ3) is 16.4. The smallest absolute Gasteiger partial charge is 0.115 e. The van der Waals surface area contributed by atoms with Crippen molar-refractivity contribution in [1.82, 2.24) is 0 Å². The summed E-state index contributed by atoms with van der Waals surface area (Å²) in [4.78, 5) is 1.23. The Morgan fingerprint density at radius 2 is 1.00 bits per heavy atom. The average molecular weight is 411 g/mol. The molecule has 0 saturated carbocycles. The van der Waals surface area contributed by atoms with Crippen LogP contribution in [0.4, 0.5) is 0 Å². The molecule has 0 amide bonds. The first-order chi connectivity index (χ1) is 13.3. The third-order valence-corrected chi connectivity index (χ3v) is 7.54. The Balaban J connectivity index is 1.71. The van der Waals surface area contributed by atoms with Crippen molar-refractivity contribution in [1.29, 1.82) is 0 Å². The molecule has 0 aliphatic rings. The second-order valence-corrected chi connectivity index (χ2v) is 10.2. The molecule has 1 nitrogen and oxygen atoms in total. The molecule has 0 aromatic heterocycles. The summed E-state index contributed by atoms with van der Waals surface area (Å²) in [5.74, 6) is 1.58. The predicted molar refractivity (Wildman–Crippen MR) is 126 cm³/mol. The van der Waals surface area contributed by atoms with Crippen LogP contribution in [0.1, 0.15) is 110 Å². The molecule has 0 bridgehead atoms. The maximum atomic E-state index is 9.27. The number of rotatable bonds is 19. The van der Waals surface area contributed by atoms with E-state index in [0.29, 0.717) is 5.75 Å². The lowest BCUT2D eigenvalue weighted by Gasteiger charge is -2.04. The molecule has 1 rings (SSSR count). The van der Waals surface area contributed by atoms with Gasteiger partial charge in [-0.1, -0.05) is 125 Å². The summed E-state index contributed by atoms with van der Waals surface area (Å²) < 4.78 is 0. The monoisotopic (exact) mass is 410 g/mol. The number of benzene rings is 1. The second-order valence-electron chi connectivity index (χ2n) is 7.70. The lowest BCUT2D eigenvalue weighted by atomic mass is 10.0. The number of unbranched alkanes of at least 4 members (excludes halogenated alkanes) is 15. The van der Waals surface area contributed by atoms with Crippen molar-refractivity contribution in [3.63, 3.8) is 0 Å². The van der Waals surface area contributed by atoms with Gasteiger partial charge in [0, 0.05) is 10.6 Å². The van der Waals surface area contributed by atoms with E-state index in [1.165, 1.54) is 113 Å². The van der Waals surface area contributed by atoms with Crippen LogP contribution < -0.4 is 0 Å². The van der Waals surface area contributed by atoms with Gasteiger partial charge in [0.25, 0.3) is 0 Å². The zero-order valence-electron chi connectivity index (χ0n) is 17.6. The first kappa shape index (κ1) is 24.8. The fraction of sp³-hybridized carbons (Fsp3) is 0.750. The van der Waals surface area contributed by atoms with Crippen LogP contribution in [0.3, 0.4) is 0 Å². The molecular weight excluding hydrogens is 368 g/mol. The largest absolute Gasteiger partial charge is 0.508 e. The zero-order chi connectivity index (χ0) is 19.4. The van der Waals surface area contributed by atoms with E-state index in [2.05, 4.69) is 6.92 Å². The Bertz CT molecular complexity index is 419. The van der Waals surface area contributed by atoms with Crippen molar-refractivity contribution in [2.75, 3.05) is 5.75 Å². The number of phenols is 1. The molecule has 156 valence electrons. The zero-order valence-corrected chi connectivity index (χ0v) is 19.2.